The van der Waals surface area contributed by atoms with Crippen molar-refractivity contribution in [2.45, 2.75) is 0 Å². The second kappa shape index (κ2) is 8.36. The van der Waals surface area contributed by atoms with Gasteiger partial charge >= 0.3 is 0 Å². The van der Waals surface area contributed by atoms with Crippen molar-refractivity contribution in [1.29, 1.82) is 0 Å². The van der Waals surface area contributed by atoms with Crippen molar-refractivity contribution in [2.24, 2.45) is 0 Å². The minimum Gasteiger partial charge on any atom is -0.360 e. The summed E-state index contributed by atoms with van der Waals surface area (Å²) in [6, 6.07) is 0. The van der Waals surface area contributed by atoms with Gasteiger partial charge in [0.2, 0.25) is 0 Å². The van der Waals surface area contributed by atoms with E-state index in [1.807, 2.05) is 0 Å². The van der Waals surface area contributed by atoms with Crippen molar-refractivity contribution in [1.82, 2.24) is 0 Å². The molecule has 3 nitrogen and oxygen atoms in total. The zero-order valence-electron chi connectivity index (χ0n) is 6.26. The molecule has 12 heavy (non-hydrogen) atoms. The molecule has 0 heterocycles. The van der Waals surface area contributed by atoms with Crippen LogP contribution in [0.1, 0.15) is 0 Å². The first-order valence-electron chi connectivity index (χ1n) is 2.55. The van der Waals surface area contributed by atoms with E-state index < -0.39 is 5.97 Å². The van der Waals surface area contributed by atoms with Gasteiger partial charge in [0, 0.05) is 32.7 Å². The molecule has 0 spiro atoms. The van der Waals surface area contributed by atoms with E-state index in [1.165, 1.54) is 0 Å². The Labute approximate surface area is 95.2 Å². The van der Waals surface area contributed by atoms with Crippen molar-refractivity contribution in [3.8, 4) is 0 Å². The first kappa shape index (κ1) is 13.8. The molecule has 0 rings (SSSR count). The molecule has 0 aromatic rings. The Kier molecular flexibility index (Phi) is 9.63. The van der Waals surface area contributed by atoms with Crippen LogP contribution in [0, 0.1) is 6.92 Å². The monoisotopic (exact) mass is 238 g/mol. The largest absolute Gasteiger partial charge is 0.360 e. The third-order valence-corrected chi connectivity index (χ3v) is 0.694. The molecule has 1 radical (unpaired) electrons. The molecule has 0 aliphatic heterocycles. The van der Waals surface area contributed by atoms with Gasteiger partial charge in [-0.25, -0.2) is 11.0 Å². The van der Waals surface area contributed by atoms with E-state index in [-0.39, 0.29) is 38.3 Å². The molecule has 0 unspecified atom stereocenters. The predicted octanol–water partition coefficient (Wildman–Crippen LogP) is 1.01. The zero-order valence-corrected chi connectivity index (χ0v) is 9.09. The van der Waals surface area contributed by atoms with E-state index in [1.54, 1.807) is 0 Å². The van der Waals surface area contributed by atoms with Crippen LogP contribution in [0.25, 0.3) is 0 Å². The smallest absolute Gasteiger partial charge is 0.262 e. The molecule has 59 valence electrons. The molecule has 1 N–H and O–H groups in total. The zero-order chi connectivity index (χ0) is 8.69. The Bertz CT molecular complexity index is 307. The molecule has 0 amide bonds. The van der Waals surface area contributed by atoms with E-state index in [0.29, 0.717) is 0 Å². The molecule has 0 aliphatic rings. The summed E-state index contributed by atoms with van der Waals surface area (Å²) in [6.45, 7) is 6.39. The third kappa shape index (κ3) is 6.01. The maximum Gasteiger partial charge on any atom is 0.262 e. The maximum atomic E-state index is 10.4. The fraction of sp³-hybridized carbons (Fsp3) is 0. The van der Waals surface area contributed by atoms with E-state index in [0.717, 1.165) is 0 Å². The van der Waals surface area contributed by atoms with Crippen molar-refractivity contribution in [2.75, 3.05) is 0 Å². The average Bonchev–Trinajstić information content (AvgIpc) is 2.03. The van der Waals surface area contributed by atoms with Gasteiger partial charge in [0.15, 0.2) is 0 Å². The summed E-state index contributed by atoms with van der Waals surface area (Å²) in [5, 5.41) is 7.84. The molecule has 0 saturated carbocycles. The van der Waals surface area contributed by atoms with E-state index >= 15 is 0 Å². The van der Waals surface area contributed by atoms with Crippen molar-refractivity contribution < 1.29 is 47.6 Å². The van der Waals surface area contributed by atoms with Crippen molar-refractivity contribution in [3.05, 3.63) is 42.0 Å². The molecule has 0 aromatic carbocycles. The maximum absolute atomic E-state index is 10.4. The molecule has 0 bridgehead atoms. The van der Waals surface area contributed by atoms with Gasteiger partial charge in [-0.15, -0.1) is 0 Å². The van der Waals surface area contributed by atoms with Crippen LogP contribution in [0.15, 0.2) is 35.1 Å². The average molecular weight is 238 g/mol. The Morgan fingerprint density at radius 2 is 2.08 bits per heavy atom. The summed E-state index contributed by atoms with van der Waals surface area (Å²) >= 11 is 0. The third-order valence-electron chi connectivity index (χ3n) is 0.694. The summed E-state index contributed by atoms with van der Waals surface area (Å²) in [4.78, 5) is 13.7. The quantitative estimate of drug-likeness (QED) is 0.244. The number of hydrogen-bond donors (Lipinski definition) is 1. The normalized spacial score (nSPS) is 5.75. The summed E-state index contributed by atoms with van der Waals surface area (Å²) in [7, 11) is 0. The van der Waals surface area contributed by atoms with Crippen LogP contribution >= 0.6 is 0 Å². The number of carbonyl (C=O) groups is 1. The topological polar surface area (TPSA) is 46.5 Å². The van der Waals surface area contributed by atoms with Gasteiger partial charge in [0.1, 0.15) is 0 Å². The van der Waals surface area contributed by atoms with E-state index in [4.69, 9.17) is 5.26 Å². The van der Waals surface area contributed by atoms with E-state index in [9.17, 15) is 4.79 Å². The van der Waals surface area contributed by atoms with E-state index in [2.05, 4.69) is 41.3 Å². The summed E-state index contributed by atoms with van der Waals surface area (Å²) in [5.41, 5.74) is 8.89. The number of hydrogen-bond acceptors (Lipinski definition) is 3. The second-order valence-electron chi connectivity index (χ2n) is 1.41. The molecular weight excluding hydrogens is 233 g/mol. The van der Waals surface area contributed by atoms with Crippen LogP contribution in [0.5, 0.6) is 0 Å². The van der Waals surface area contributed by atoms with Crippen LogP contribution in [0.3, 0.4) is 0 Å². The van der Waals surface area contributed by atoms with Crippen LogP contribution in [0.2, 0.25) is 0 Å². The van der Waals surface area contributed by atoms with Crippen LogP contribution in [-0.4, -0.2) is 11.2 Å². The predicted molar refractivity (Wildman–Crippen MR) is 37.3 cm³/mol. The molecule has 0 fully saturated rings. The SMILES string of the molecule is C=C=C=C=C=C([CH2-])C(=O)OO.[Y]. The fourth-order valence-corrected chi connectivity index (χ4v) is 0.257. The standard InChI is InChI=1S/C8H5O3.Y/c1-3-4-5-6-7(2)8(9)11-10;/h10H,1-2H2;/q-1;. The van der Waals surface area contributed by atoms with Crippen LogP contribution in [0.4, 0.5) is 0 Å². The Balaban J connectivity index is 0. The van der Waals surface area contributed by atoms with Gasteiger partial charge < -0.3 is 9.68 Å². The van der Waals surface area contributed by atoms with Gasteiger partial charge in [-0.1, -0.05) is 17.0 Å². The molecular formula is C8H5O3Y-. The minimum absolute atomic E-state index is 0. The Morgan fingerprint density at radius 1 is 1.50 bits per heavy atom. The first-order chi connectivity index (χ1) is 5.22. The molecule has 0 aliphatic carbocycles. The molecule has 4 heteroatoms. The minimum atomic E-state index is -0.983. The van der Waals surface area contributed by atoms with Gasteiger partial charge in [0.25, 0.3) is 5.97 Å². The summed E-state index contributed by atoms with van der Waals surface area (Å²) < 4.78 is 0. The Morgan fingerprint density at radius 3 is 2.50 bits per heavy atom. The number of rotatable bonds is 1. The van der Waals surface area contributed by atoms with Crippen molar-refractivity contribution >= 4 is 5.97 Å². The summed E-state index contributed by atoms with van der Waals surface area (Å²) in [5.74, 6) is -0.983. The van der Waals surface area contributed by atoms with Crippen LogP contribution < -0.4 is 0 Å². The number of carbonyl (C=O) groups excluding carboxylic acids is 1. The van der Waals surface area contributed by atoms with Crippen LogP contribution in [-0.2, 0) is 42.4 Å². The fourth-order valence-electron chi connectivity index (χ4n) is 0.257. The molecule has 0 saturated heterocycles. The van der Waals surface area contributed by atoms with Crippen molar-refractivity contribution in [3.63, 3.8) is 0 Å². The first-order valence-corrected chi connectivity index (χ1v) is 2.55. The summed E-state index contributed by atoms with van der Waals surface area (Å²) in [6.07, 6.45) is 0. The molecule has 0 aromatic heterocycles. The molecule has 0 atom stereocenters. The van der Waals surface area contributed by atoms with Gasteiger partial charge in [-0.3, -0.25) is 0 Å². The second-order valence-corrected chi connectivity index (χ2v) is 1.41. The van der Waals surface area contributed by atoms with Gasteiger partial charge in [-0.2, -0.15) is 6.92 Å². The Hall–Kier alpha value is -0.736. The van der Waals surface area contributed by atoms with Gasteiger partial charge in [0.05, 0.1) is 0 Å². The van der Waals surface area contributed by atoms with Gasteiger partial charge in [-0.05, 0) is 12.3 Å².